The summed E-state index contributed by atoms with van der Waals surface area (Å²) in [6.45, 7) is 2.22. The summed E-state index contributed by atoms with van der Waals surface area (Å²) in [6, 6.07) is 14.2. The summed E-state index contributed by atoms with van der Waals surface area (Å²) in [4.78, 5) is 0. The van der Waals surface area contributed by atoms with Crippen LogP contribution in [0.15, 0.2) is 42.5 Å². The van der Waals surface area contributed by atoms with Crippen molar-refractivity contribution >= 4 is 0 Å². The molecule has 0 aliphatic rings. The summed E-state index contributed by atoms with van der Waals surface area (Å²) in [5.41, 5.74) is 2.13. The van der Waals surface area contributed by atoms with Crippen LogP contribution >= 0.6 is 0 Å². The first-order valence-electron chi connectivity index (χ1n) is 9.59. The van der Waals surface area contributed by atoms with Crippen molar-refractivity contribution in [2.75, 3.05) is 21.3 Å². The maximum absolute atomic E-state index is 5.70. The van der Waals surface area contributed by atoms with Crippen LogP contribution in [0.25, 0.3) is 0 Å². The molecule has 0 radical (unpaired) electrons. The third-order valence-electron chi connectivity index (χ3n) is 4.58. The minimum atomic E-state index is -0.0767. The highest BCUT2D eigenvalue weighted by molar-refractivity contribution is 5.60. The maximum atomic E-state index is 5.70. The Morgan fingerprint density at radius 2 is 1.56 bits per heavy atom. The van der Waals surface area contributed by atoms with Gasteiger partial charge in [0.05, 0.1) is 27.2 Å². The quantitative estimate of drug-likeness (QED) is 0.413. The van der Waals surface area contributed by atoms with Gasteiger partial charge >= 0.3 is 0 Å². The van der Waals surface area contributed by atoms with Gasteiger partial charge in [-0.15, -0.1) is 5.92 Å². The smallest absolute Gasteiger partial charge is 0.203 e. The molecule has 0 spiro atoms. The normalized spacial score (nSPS) is 11.3. The molecule has 0 amide bonds. The van der Waals surface area contributed by atoms with E-state index in [4.69, 9.17) is 14.2 Å². The average Bonchev–Trinajstić information content (AvgIpc) is 2.72. The molecule has 3 heteroatoms. The molecule has 144 valence electrons. The van der Waals surface area contributed by atoms with Crippen LogP contribution < -0.4 is 14.2 Å². The molecule has 0 aliphatic carbocycles. The third-order valence-corrected chi connectivity index (χ3v) is 4.58. The van der Waals surface area contributed by atoms with Crippen molar-refractivity contribution in [3.8, 4) is 29.1 Å². The van der Waals surface area contributed by atoms with Gasteiger partial charge in [-0.2, -0.15) is 0 Å². The highest BCUT2D eigenvalue weighted by Gasteiger charge is 2.22. The summed E-state index contributed by atoms with van der Waals surface area (Å²) in [7, 11) is 4.91. The van der Waals surface area contributed by atoms with Gasteiger partial charge in [-0.1, -0.05) is 62.4 Å². The monoisotopic (exact) mass is 366 g/mol. The summed E-state index contributed by atoms with van der Waals surface area (Å²) < 4.78 is 16.7. The molecular formula is C24H30O3. The summed E-state index contributed by atoms with van der Waals surface area (Å²) in [6.07, 6.45) is 5.81. The zero-order valence-corrected chi connectivity index (χ0v) is 16.9. The van der Waals surface area contributed by atoms with E-state index in [9.17, 15) is 0 Å². The molecule has 0 fully saturated rings. The molecule has 2 aromatic carbocycles. The van der Waals surface area contributed by atoms with Gasteiger partial charge in [0.15, 0.2) is 11.5 Å². The van der Waals surface area contributed by atoms with Crippen LogP contribution in [0.4, 0.5) is 0 Å². The molecule has 27 heavy (non-hydrogen) atoms. The molecule has 1 atom stereocenters. The second-order valence-corrected chi connectivity index (χ2v) is 6.40. The predicted octanol–water partition coefficient (Wildman–Crippen LogP) is 5.82. The standard InChI is InChI=1S/C24H30O3/c1-5-6-7-8-9-13-16-20(19-14-11-10-12-15-19)21-17-18-22(25-2)24(27-4)23(21)26-3/h10-12,14-15,17-18,20H,5-9H2,1-4H3. The third kappa shape index (κ3) is 5.44. The molecular weight excluding hydrogens is 336 g/mol. The molecule has 0 aliphatic heterocycles. The lowest BCUT2D eigenvalue weighted by molar-refractivity contribution is 0.322. The molecule has 0 saturated carbocycles. The van der Waals surface area contributed by atoms with Gasteiger partial charge in [-0.3, -0.25) is 0 Å². The lowest BCUT2D eigenvalue weighted by Crippen LogP contribution is -2.04. The van der Waals surface area contributed by atoms with Gasteiger partial charge in [-0.05, 0) is 24.1 Å². The molecule has 0 N–H and O–H groups in total. The van der Waals surface area contributed by atoms with Crippen LogP contribution in [0.1, 0.15) is 56.1 Å². The highest BCUT2D eigenvalue weighted by Crippen LogP contribution is 2.43. The van der Waals surface area contributed by atoms with E-state index in [1.807, 2.05) is 30.3 Å². The highest BCUT2D eigenvalue weighted by atomic mass is 16.5. The summed E-state index contributed by atoms with van der Waals surface area (Å²) in [5.74, 6) is 8.69. The first-order chi connectivity index (χ1) is 13.3. The lowest BCUT2D eigenvalue weighted by atomic mass is 9.90. The zero-order valence-electron chi connectivity index (χ0n) is 16.9. The van der Waals surface area contributed by atoms with E-state index in [1.54, 1.807) is 21.3 Å². The van der Waals surface area contributed by atoms with Crippen molar-refractivity contribution in [1.29, 1.82) is 0 Å². The van der Waals surface area contributed by atoms with Gasteiger partial charge in [-0.25, -0.2) is 0 Å². The van der Waals surface area contributed by atoms with Gasteiger partial charge in [0.1, 0.15) is 0 Å². The number of rotatable bonds is 9. The number of hydrogen-bond donors (Lipinski definition) is 0. The second kappa shape index (κ2) is 11.2. The molecule has 2 rings (SSSR count). The Morgan fingerprint density at radius 3 is 2.19 bits per heavy atom. The van der Waals surface area contributed by atoms with Gasteiger partial charge in [0, 0.05) is 12.0 Å². The maximum Gasteiger partial charge on any atom is 0.203 e. The number of unbranched alkanes of at least 4 members (excludes halogenated alkanes) is 4. The summed E-state index contributed by atoms with van der Waals surface area (Å²) >= 11 is 0. The van der Waals surface area contributed by atoms with Crippen molar-refractivity contribution in [2.24, 2.45) is 0 Å². The number of methoxy groups -OCH3 is 3. The second-order valence-electron chi connectivity index (χ2n) is 6.40. The number of ether oxygens (including phenoxy) is 3. The number of benzene rings is 2. The minimum absolute atomic E-state index is 0.0767. The fourth-order valence-corrected chi connectivity index (χ4v) is 3.15. The Labute approximate surface area is 163 Å². The van der Waals surface area contributed by atoms with Gasteiger partial charge in [0.25, 0.3) is 0 Å². The van der Waals surface area contributed by atoms with E-state index in [1.165, 1.54) is 19.3 Å². The molecule has 0 bridgehead atoms. The minimum Gasteiger partial charge on any atom is -0.493 e. The van der Waals surface area contributed by atoms with E-state index in [-0.39, 0.29) is 5.92 Å². The van der Waals surface area contributed by atoms with Crippen LogP contribution in [0, 0.1) is 11.8 Å². The average molecular weight is 367 g/mol. The van der Waals surface area contributed by atoms with E-state index < -0.39 is 0 Å². The molecule has 0 aromatic heterocycles. The van der Waals surface area contributed by atoms with Crippen LogP contribution in [0.3, 0.4) is 0 Å². The van der Waals surface area contributed by atoms with Crippen LogP contribution in [-0.4, -0.2) is 21.3 Å². The van der Waals surface area contributed by atoms with Crippen molar-refractivity contribution in [1.82, 2.24) is 0 Å². The first-order valence-corrected chi connectivity index (χ1v) is 9.59. The van der Waals surface area contributed by atoms with E-state index >= 15 is 0 Å². The fraction of sp³-hybridized carbons (Fsp3) is 0.417. The fourth-order valence-electron chi connectivity index (χ4n) is 3.15. The van der Waals surface area contributed by atoms with Crippen molar-refractivity contribution in [3.05, 3.63) is 53.6 Å². The molecule has 1 unspecified atom stereocenters. The van der Waals surface area contributed by atoms with Crippen molar-refractivity contribution in [3.63, 3.8) is 0 Å². The van der Waals surface area contributed by atoms with Crippen LogP contribution in [-0.2, 0) is 0 Å². The Kier molecular flexibility index (Phi) is 8.58. The Balaban J connectivity index is 2.41. The van der Waals surface area contributed by atoms with Gasteiger partial charge in [0.2, 0.25) is 5.75 Å². The lowest BCUT2D eigenvalue weighted by Gasteiger charge is -2.19. The van der Waals surface area contributed by atoms with E-state index in [0.717, 1.165) is 24.0 Å². The molecule has 0 heterocycles. The Hall–Kier alpha value is -2.60. The SMILES string of the molecule is CCCCCCC#CC(c1ccccc1)c1ccc(OC)c(OC)c1OC. The first kappa shape index (κ1) is 20.7. The van der Waals surface area contributed by atoms with Gasteiger partial charge < -0.3 is 14.2 Å². The largest absolute Gasteiger partial charge is 0.493 e. The Bertz CT molecular complexity index is 756. The number of hydrogen-bond acceptors (Lipinski definition) is 3. The zero-order chi connectivity index (χ0) is 19.5. The molecule has 0 saturated heterocycles. The van der Waals surface area contributed by atoms with Crippen molar-refractivity contribution < 1.29 is 14.2 Å². The van der Waals surface area contributed by atoms with E-state index in [0.29, 0.717) is 17.2 Å². The van der Waals surface area contributed by atoms with Crippen molar-refractivity contribution in [2.45, 2.75) is 44.9 Å². The van der Waals surface area contributed by atoms with Crippen LogP contribution in [0.2, 0.25) is 0 Å². The summed E-state index contributed by atoms with van der Waals surface area (Å²) in [5, 5.41) is 0. The van der Waals surface area contributed by atoms with E-state index in [2.05, 4.69) is 30.9 Å². The van der Waals surface area contributed by atoms with Crippen LogP contribution in [0.5, 0.6) is 17.2 Å². The molecule has 2 aromatic rings. The Morgan fingerprint density at radius 1 is 0.815 bits per heavy atom. The predicted molar refractivity (Wildman–Crippen MR) is 111 cm³/mol. The topological polar surface area (TPSA) is 27.7 Å². The molecule has 3 nitrogen and oxygen atoms in total.